The summed E-state index contributed by atoms with van der Waals surface area (Å²) in [6.07, 6.45) is 8.33. The minimum atomic E-state index is 0.401. The largest absolute Gasteiger partial charge is 0.299 e. The van der Waals surface area contributed by atoms with Crippen LogP contribution in [0, 0.1) is 0 Å². The van der Waals surface area contributed by atoms with E-state index in [-0.39, 0.29) is 0 Å². The number of halogens is 1. The molecule has 0 spiro atoms. The van der Waals surface area contributed by atoms with Crippen molar-refractivity contribution in [3.05, 3.63) is 52.1 Å². The van der Waals surface area contributed by atoms with Gasteiger partial charge in [0.2, 0.25) is 0 Å². The maximum atomic E-state index is 10.8. The first-order chi connectivity index (χ1) is 11.9. The topological polar surface area (TPSA) is 17.1 Å². The van der Waals surface area contributed by atoms with Crippen molar-refractivity contribution in [1.82, 2.24) is 0 Å². The number of carbonyl (C=O) groups excluding carboxylic acids is 1. The van der Waals surface area contributed by atoms with Gasteiger partial charge in [-0.25, -0.2) is 0 Å². The van der Waals surface area contributed by atoms with E-state index in [1.807, 2.05) is 31.2 Å². The molecule has 2 heteroatoms. The van der Waals surface area contributed by atoms with Gasteiger partial charge < -0.3 is 0 Å². The molecule has 0 atom stereocenters. The molecule has 0 bridgehead atoms. The lowest BCUT2D eigenvalue weighted by Gasteiger charge is -2.12. The third-order valence-electron chi connectivity index (χ3n) is 4.28. The number of benzene rings is 1. The van der Waals surface area contributed by atoms with Gasteiger partial charge in [-0.2, -0.15) is 0 Å². The van der Waals surface area contributed by atoms with Crippen molar-refractivity contribution < 1.29 is 4.79 Å². The molecule has 1 aromatic rings. The van der Waals surface area contributed by atoms with Crippen molar-refractivity contribution in [2.45, 2.75) is 80.1 Å². The number of Topliss-reactive ketones (excluding diaryl/α,β-unsaturated/α-hetero) is 1. The smallest absolute Gasteiger partial charge is 0.137 e. The van der Waals surface area contributed by atoms with Gasteiger partial charge in [-0.15, -0.1) is 0 Å². The Kier molecular flexibility index (Phi) is 13.2. The molecule has 1 aliphatic carbocycles. The second-order valence-electron chi connectivity index (χ2n) is 6.55. The van der Waals surface area contributed by atoms with Crippen molar-refractivity contribution in [3.8, 4) is 0 Å². The standard InChI is InChI=1S/C11H13Cl.C8H12O.C4H10/c1-3-6-9(2)10-7-4-5-8-11(10)12;1-6-3-4-8(9)5-7(6)2;1-3-4-2/h4-8H,3H2,1-2H3;3-5H2,1-2H3;3-4H2,1-2H3/b9-6-;;. The van der Waals surface area contributed by atoms with Crippen molar-refractivity contribution in [3.63, 3.8) is 0 Å². The summed E-state index contributed by atoms with van der Waals surface area (Å²) >= 11 is 6.01. The predicted molar refractivity (Wildman–Crippen MR) is 113 cm³/mol. The average Bonchev–Trinajstić information content (AvgIpc) is 2.60. The van der Waals surface area contributed by atoms with Crippen LogP contribution in [-0.4, -0.2) is 5.78 Å². The monoisotopic (exact) mass is 362 g/mol. The van der Waals surface area contributed by atoms with Crippen LogP contribution in [0.4, 0.5) is 0 Å². The summed E-state index contributed by atoms with van der Waals surface area (Å²) in [7, 11) is 0. The fraction of sp³-hybridized carbons (Fsp3) is 0.522. The zero-order valence-electron chi connectivity index (χ0n) is 16.9. The molecule has 0 unspecified atom stereocenters. The second kappa shape index (κ2) is 13.9. The molecule has 0 amide bonds. The molecule has 0 heterocycles. The number of unbranched alkanes of at least 4 members (excludes halogenated alkanes) is 1. The Labute approximate surface area is 160 Å². The van der Waals surface area contributed by atoms with Crippen molar-refractivity contribution in [2.75, 3.05) is 0 Å². The van der Waals surface area contributed by atoms with Crippen LogP contribution in [0.1, 0.15) is 85.6 Å². The van der Waals surface area contributed by atoms with Crippen molar-refractivity contribution in [2.24, 2.45) is 0 Å². The van der Waals surface area contributed by atoms with Crippen LogP contribution in [0.2, 0.25) is 5.02 Å². The minimum absolute atomic E-state index is 0.401. The van der Waals surface area contributed by atoms with Crippen LogP contribution in [-0.2, 0) is 4.79 Å². The van der Waals surface area contributed by atoms with Crippen LogP contribution < -0.4 is 0 Å². The van der Waals surface area contributed by atoms with Gasteiger partial charge in [-0.3, -0.25) is 4.79 Å². The SMILES string of the molecule is CC/C=C(/C)c1ccccc1Cl.CC1=C(C)CC(=O)CC1.CCCC. The summed E-state index contributed by atoms with van der Waals surface area (Å²) in [6, 6.07) is 7.92. The maximum Gasteiger partial charge on any atom is 0.137 e. The Balaban J connectivity index is 0.000000391. The summed E-state index contributed by atoms with van der Waals surface area (Å²) < 4.78 is 0. The molecule has 0 aliphatic heterocycles. The molecule has 140 valence electrons. The van der Waals surface area contributed by atoms with Gasteiger partial charge in [-0.05, 0) is 50.8 Å². The molecule has 0 fully saturated rings. The van der Waals surface area contributed by atoms with Gasteiger partial charge in [0.05, 0.1) is 0 Å². The van der Waals surface area contributed by atoms with E-state index < -0.39 is 0 Å². The molecule has 0 aromatic heterocycles. The molecular weight excluding hydrogens is 328 g/mol. The lowest BCUT2D eigenvalue weighted by atomic mass is 9.93. The number of rotatable bonds is 3. The molecule has 25 heavy (non-hydrogen) atoms. The van der Waals surface area contributed by atoms with Crippen LogP contribution in [0.5, 0.6) is 0 Å². The zero-order valence-corrected chi connectivity index (χ0v) is 17.7. The molecule has 2 rings (SSSR count). The van der Waals surface area contributed by atoms with Gasteiger partial charge in [0.15, 0.2) is 0 Å². The van der Waals surface area contributed by atoms with E-state index >= 15 is 0 Å². The fourth-order valence-corrected chi connectivity index (χ4v) is 2.56. The number of hydrogen-bond donors (Lipinski definition) is 0. The lowest BCUT2D eigenvalue weighted by Crippen LogP contribution is -2.05. The summed E-state index contributed by atoms with van der Waals surface area (Å²) in [5, 5.41) is 0.833. The third-order valence-corrected chi connectivity index (χ3v) is 4.61. The van der Waals surface area contributed by atoms with E-state index in [1.165, 1.54) is 29.6 Å². The summed E-state index contributed by atoms with van der Waals surface area (Å²) in [4.78, 5) is 10.8. The first kappa shape index (κ1) is 23.7. The third kappa shape index (κ3) is 10.3. The normalized spacial score (nSPS) is 14.4. The van der Waals surface area contributed by atoms with E-state index in [4.69, 9.17) is 11.6 Å². The van der Waals surface area contributed by atoms with Crippen LogP contribution in [0.15, 0.2) is 41.5 Å². The molecule has 1 aliphatic rings. The predicted octanol–water partition coefficient (Wildman–Crippen LogP) is 8.04. The van der Waals surface area contributed by atoms with E-state index in [2.05, 4.69) is 40.7 Å². The Bertz CT molecular complexity index is 580. The highest BCUT2D eigenvalue weighted by atomic mass is 35.5. The Morgan fingerprint density at radius 1 is 1.04 bits per heavy atom. The van der Waals surface area contributed by atoms with Gasteiger partial charge in [0.25, 0.3) is 0 Å². The molecule has 1 aromatic carbocycles. The second-order valence-corrected chi connectivity index (χ2v) is 6.96. The summed E-state index contributed by atoms with van der Waals surface area (Å²) in [6.45, 7) is 12.7. The first-order valence-electron chi connectivity index (χ1n) is 9.45. The van der Waals surface area contributed by atoms with Gasteiger partial charge in [0, 0.05) is 17.9 Å². The minimum Gasteiger partial charge on any atom is -0.299 e. The number of ketones is 1. The van der Waals surface area contributed by atoms with Crippen LogP contribution >= 0.6 is 11.6 Å². The van der Waals surface area contributed by atoms with Crippen molar-refractivity contribution in [1.29, 1.82) is 0 Å². The number of hydrogen-bond acceptors (Lipinski definition) is 1. The maximum absolute atomic E-state index is 10.8. The Hall–Kier alpha value is -1.34. The number of allylic oxidation sites excluding steroid dienone is 4. The summed E-state index contributed by atoms with van der Waals surface area (Å²) in [5.41, 5.74) is 5.09. The van der Waals surface area contributed by atoms with Gasteiger partial charge >= 0.3 is 0 Å². The lowest BCUT2D eigenvalue weighted by molar-refractivity contribution is -0.118. The first-order valence-corrected chi connectivity index (χ1v) is 9.83. The van der Waals surface area contributed by atoms with Crippen LogP contribution in [0.3, 0.4) is 0 Å². The van der Waals surface area contributed by atoms with E-state index in [9.17, 15) is 4.79 Å². The average molecular weight is 363 g/mol. The fourth-order valence-electron chi connectivity index (χ4n) is 2.27. The summed E-state index contributed by atoms with van der Waals surface area (Å²) in [5.74, 6) is 0.401. The van der Waals surface area contributed by atoms with E-state index in [0.717, 1.165) is 29.8 Å². The molecule has 1 nitrogen and oxygen atoms in total. The van der Waals surface area contributed by atoms with E-state index in [1.54, 1.807) is 0 Å². The van der Waals surface area contributed by atoms with Gasteiger partial charge in [-0.1, -0.05) is 80.6 Å². The quantitative estimate of drug-likeness (QED) is 0.497. The highest BCUT2D eigenvalue weighted by Crippen LogP contribution is 2.23. The Morgan fingerprint density at radius 2 is 1.64 bits per heavy atom. The molecule has 0 radical (unpaired) electrons. The van der Waals surface area contributed by atoms with Crippen LogP contribution in [0.25, 0.3) is 5.57 Å². The van der Waals surface area contributed by atoms with Gasteiger partial charge in [0.1, 0.15) is 5.78 Å². The molecule has 0 N–H and O–H groups in total. The molecular formula is C23H35ClO. The highest BCUT2D eigenvalue weighted by Gasteiger charge is 2.11. The zero-order chi connectivity index (χ0) is 19.2. The van der Waals surface area contributed by atoms with Crippen molar-refractivity contribution >= 4 is 23.0 Å². The number of carbonyl (C=O) groups is 1. The molecule has 0 saturated carbocycles. The highest BCUT2D eigenvalue weighted by molar-refractivity contribution is 6.32. The van der Waals surface area contributed by atoms with E-state index in [0.29, 0.717) is 12.2 Å². The Morgan fingerprint density at radius 3 is 2.08 bits per heavy atom. The molecule has 0 saturated heterocycles.